The van der Waals surface area contributed by atoms with Gasteiger partial charge in [0.2, 0.25) is 0 Å². The molecule has 0 aliphatic carbocycles. The Morgan fingerprint density at radius 3 is 1.78 bits per heavy atom. The van der Waals surface area contributed by atoms with Crippen LogP contribution in [0.3, 0.4) is 0 Å². The van der Waals surface area contributed by atoms with Crippen LogP contribution >= 0.6 is 0 Å². The molecule has 54 heavy (non-hydrogen) atoms. The lowest BCUT2D eigenvalue weighted by Crippen LogP contribution is -2.45. The molecule has 1 saturated heterocycles. The van der Waals surface area contributed by atoms with Crippen LogP contribution in [0.25, 0.3) is 21.8 Å². The molecular weight excluding hydrogens is 665 g/mol. The van der Waals surface area contributed by atoms with Crippen LogP contribution in [0.4, 0.5) is 11.4 Å². The van der Waals surface area contributed by atoms with Crippen molar-refractivity contribution in [3.05, 3.63) is 131 Å². The Balaban J connectivity index is 0.857. The van der Waals surface area contributed by atoms with E-state index in [1.165, 1.54) is 38.5 Å². The lowest BCUT2D eigenvalue weighted by Gasteiger charge is -2.27. The Bertz CT molecular complexity index is 2280. The van der Waals surface area contributed by atoms with Crippen molar-refractivity contribution in [3.8, 4) is 23.7 Å². The van der Waals surface area contributed by atoms with Gasteiger partial charge < -0.3 is 35.1 Å². The van der Waals surface area contributed by atoms with E-state index in [2.05, 4.69) is 160 Å². The van der Waals surface area contributed by atoms with Crippen LogP contribution in [-0.4, -0.2) is 48.0 Å². The van der Waals surface area contributed by atoms with Crippen LogP contribution in [0.5, 0.6) is 0 Å². The number of para-hydroxylation sites is 1. The van der Waals surface area contributed by atoms with E-state index in [1.54, 1.807) is 0 Å². The molecule has 3 heterocycles. The smallest absolute Gasteiger partial charge is 0.0931 e. The fourth-order valence-electron chi connectivity index (χ4n) is 7.18. The van der Waals surface area contributed by atoms with E-state index in [1.807, 2.05) is 18.2 Å². The zero-order valence-corrected chi connectivity index (χ0v) is 31.8. The second kappa shape index (κ2) is 18.1. The number of aromatic nitrogens is 2. The molecule has 0 radical (unpaired) electrons. The van der Waals surface area contributed by atoms with E-state index in [0.29, 0.717) is 25.0 Å². The first-order valence-corrected chi connectivity index (χ1v) is 19.4. The maximum atomic E-state index is 5.28. The molecule has 7 nitrogen and oxygen atoms in total. The number of benzene rings is 4. The molecule has 1 aliphatic rings. The van der Waals surface area contributed by atoms with Gasteiger partial charge in [0.15, 0.2) is 0 Å². The molecule has 6 aromatic rings. The summed E-state index contributed by atoms with van der Waals surface area (Å²) in [6, 6.07) is 37.4. The summed E-state index contributed by atoms with van der Waals surface area (Å²) in [7, 11) is 0. The minimum Gasteiger partial charge on any atom is -0.378 e. The Morgan fingerprint density at radius 1 is 0.667 bits per heavy atom. The second-order valence-electron chi connectivity index (χ2n) is 14.3. The summed E-state index contributed by atoms with van der Waals surface area (Å²) in [4.78, 5) is 0. The van der Waals surface area contributed by atoms with E-state index in [4.69, 9.17) is 4.74 Å². The van der Waals surface area contributed by atoms with Crippen molar-refractivity contribution in [1.82, 2.24) is 19.8 Å². The zero-order chi connectivity index (χ0) is 37.1. The van der Waals surface area contributed by atoms with Gasteiger partial charge in [0.25, 0.3) is 0 Å². The lowest BCUT2D eigenvalue weighted by molar-refractivity contribution is -0.00578. The summed E-state index contributed by atoms with van der Waals surface area (Å²) in [6.07, 6.45) is 1.03. The molecule has 0 spiro atoms. The van der Waals surface area contributed by atoms with Crippen LogP contribution < -0.4 is 21.3 Å². The van der Waals surface area contributed by atoms with Gasteiger partial charge in [0.05, 0.1) is 43.7 Å². The third-order valence-corrected chi connectivity index (χ3v) is 10.1. The molecule has 7 rings (SSSR count). The number of aryl methyl sites for hydroxylation is 2. The minimum absolute atomic E-state index is 0.478. The van der Waals surface area contributed by atoms with E-state index in [-0.39, 0.29) is 0 Å². The summed E-state index contributed by atoms with van der Waals surface area (Å²) in [6.45, 7) is 14.0. The number of ether oxygens (including phenoxy) is 1. The van der Waals surface area contributed by atoms with E-state index in [9.17, 15) is 0 Å². The standard InChI is InChI=1S/C47H52N6O/c1-4-52-44(13-9-23-49-41-11-7-6-8-12-41)28-39-26-37(17-21-46(39)52)31-48-30-35(3)25-36-15-19-42(20-16-36)50-24-10-14-45-29-40-27-38(32-51-43-33-54-34-43)18-22-47(40)53(45)5-2/h6-8,11-12,15-22,26-29,35,43,48-51H,4-5,23-25,30-34H2,1-3H3. The molecule has 7 heteroatoms. The normalized spacial score (nSPS) is 13.2. The first-order valence-electron chi connectivity index (χ1n) is 19.4. The third kappa shape index (κ3) is 9.37. The molecule has 0 saturated carbocycles. The molecular formula is C47H52N6O. The number of nitrogens with one attached hydrogen (secondary N) is 4. The van der Waals surface area contributed by atoms with Crippen molar-refractivity contribution >= 4 is 33.2 Å². The average molecular weight is 717 g/mol. The molecule has 276 valence electrons. The SMILES string of the molecule is CCn1c(C#CCNc2ccccc2)cc2cc(CNCC(C)Cc3ccc(NCC#Cc4cc5cc(CNC6COC6)ccc5n4CC)cc3)ccc21. The molecule has 4 aromatic carbocycles. The van der Waals surface area contributed by atoms with Crippen LogP contribution in [0.1, 0.15) is 48.8 Å². The molecule has 1 fully saturated rings. The van der Waals surface area contributed by atoms with Gasteiger partial charge in [-0.2, -0.15) is 0 Å². The lowest BCUT2D eigenvalue weighted by atomic mass is 10.0. The highest BCUT2D eigenvalue weighted by atomic mass is 16.5. The molecule has 4 N–H and O–H groups in total. The Morgan fingerprint density at radius 2 is 1.22 bits per heavy atom. The van der Waals surface area contributed by atoms with Gasteiger partial charge in [-0.3, -0.25) is 0 Å². The molecule has 0 bridgehead atoms. The van der Waals surface area contributed by atoms with Gasteiger partial charge >= 0.3 is 0 Å². The first-order chi connectivity index (χ1) is 26.6. The van der Waals surface area contributed by atoms with Crippen molar-refractivity contribution in [2.75, 3.05) is 43.5 Å². The van der Waals surface area contributed by atoms with Gasteiger partial charge in [-0.1, -0.05) is 61.2 Å². The predicted octanol–water partition coefficient (Wildman–Crippen LogP) is 8.02. The summed E-state index contributed by atoms with van der Waals surface area (Å²) in [5, 5.41) is 16.6. The van der Waals surface area contributed by atoms with Crippen molar-refractivity contribution in [3.63, 3.8) is 0 Å². The Kier molecular flexibility index (Phi) is 12.3. The summed E-state index contributed by atoms with van der Waals surface area (Å²) >= 11 is 0. The highest BCUT2D eigenvalue weighted by Gasteiger charge is 2.17. The molecule has 1 atom stereocenters. The van der Waals surface area contributed by atoms with Gasteiger partial charge in [-0.05, 0) is 122 Å². The number of nitrogens with zero attached hydrogens (tertiary/aromatic N) is 2. The first kappa shape index (κ1) is 36.9. The molecule has 2 aromatic heterocycles. The van der Waals surface area contributed by atoms with Crippen LogP contribution in [0.2, 0.25) is 0 Å². The van der Waals surface area contributed by atoms with Crippen LogP contribution in [0, 0.1) is 29.6 Å². The van der Waals surface area contributed by atoms with Crippen molar-refractivity contribution in [1.29, 1.82) is 0 Å². The van der Waals surface area contributed by atoms with E-state index in [0.717, 1.165) is 75.1 Å². The largest absolute Gasteiger partial charge is 0.378 e. The summed E-state index contributed by atoms with van der Waals surface area (Å²) in [5.41, 5.74) is 10.7. The highest BCUT2D eigenvalue weighted by Crippen LogP contribution is 2.23. The topological polar surface area (TPSA) is 67.2 Å². The van der Waals surface area contributed by atoms with Crippen molar-refractivity contribution in [2.24, 2.45) is 5.92 Å². The molecule has 1 aliphatic heterocycles. The third-order valence-electron chi connectivity index (χ3n) is 10.1. The minimum atomic E-state index is 0.478. The van der Waals surface area contributed by atoms with Gasteiger partial charge in [0, 0.05) is 59.4 Å². The van der Waals surface area contributed by atoms with E-state index >= 15 is 0 Å². The average Bonchev–Trinajstić information content (AvgIpc) is 3.71. The van der Waals surface area contributed by atoms with Crippen molar-refractivity contribution in [2.45, 2.75) is 59.4 Å². The fourth-order valence-corrected chi connectivity index (χ4v) is 7.18. The predicted molar refractivity (Wildman–Crippen MR) is 225 cm³/mol. The number of hydrogen-bond donors (Lipinski definition) is 4. The van der Waals surface area contributed by atoms with Gasteiger partial charge in [0.1, 0.15) is 0 Å². The number of rotatable bonds is 15. The molecule has 1 unspecified atom stereocenters. The highest BCUT2D eigenvalue weighted by molar-refractivity contribution is 5.84. The van der Waals surface area contributed by atoms with Crippen LogP contribution in [-0.2, 0) is 37.3 Å². The summed E-state index contributed by atoms with van der Waals surface area (Å²) < 4.78 is 9.88. The van der Waals surface area contributed by atoms with Crippen LogP contribution in [0.15, 0.2) is 103 Å². The monoisotopic (exact) mass is 716 g/mol. The molecule has 0 amide bonds. The Hall–Kier alpha value is -5.44. The van der Waals surface area contributed by atoms with Crippen molar-refractivity contribution < 1.29 is 4.74 Å². The van der Waals surface area contributed by atoms with E-state index < -0.39 is 0 Å². The zero-order valence-electron chi connectivity index (χ0n) is 31.8. The quantitative estimate of drug-likeness (QED) is 0.0812. The maximum absolute atomic E-state index is 5.28. The maximum Gasteiger partial charge on any atom is 0.0931 e. The fraction of sp³-hybridized carbons (Fsp3) is 0.319. The number of hydrogen-bond acceptors (Lipinski definition) is 5. The number of fused-ring (bicyclic) bond motifs is 2. The van der Waals surface area contributed by atoms with Gasteiger partial charge in [-0.25, -0.2) is 0 Å². The number of anilines is 2. The summed E-state index contributed by atoms with van der Waals surface area (Å²) in [5.74, 6) is 14.0. The van der Waals surface area contributed by atoms with Gasteiger partial charge in [-0.15, -0.1) is 0 Å². The Labute approximate surface area is 320 Å². The second-order valence-corrected chi connectivity index (χ2v) is 14.3.